The lowest BCUT2D eigenvalue weighted by Gasteiger charge is -2.41. The van der Waals surface area contributed by atoms with Crippen molar-refractivity contribution in [3.05, 3.63) is 76.8 Å². The van der Waals surface area contributed by atoms with Crippen LogP contribution in [-0.2, 0) is 68.2 Å². The van der Waals surface area contributed by atoms with Crippen LogP contribution in [0.2, 0.25) is 0 Å². The minimum atomic E-state index is -1.75. The molecular weight excluding hydrogens is 856 g/mol. The predicted molar refractivity (Wildman–Crippen MR) is 210 cm³/mol. The summed E-state index contributed by atoms with van der Waals surface area (Å²) in [5.41, 5.74) is 1.08. The highest BCUT2D eigenvalue weighted by molar-refractivity contribution is 5.91. The number of methoxy groups -OCH3 is 2. The molecule has 1 aromatic rings. The molecule has 2 fully saturated rings. The molecule has 4 aliphatic heterocycles. The smallest absolute Gasteiger partial charge is 0.337 e. The van der Waals surface area contributed by atoms with Crippen molar-refractivity contribution in [2.24, 2.45) is 11.8 Å². The molecular formula is C42H54O22. The van der Waals surface area contributed by atoms with Gasteiger partial charge in [0.1, 0.15) is 54.6 Å². The average molecular weight is 911 g/mol. The number of benzene rings is 1. The monoisotopic (exact) mass is 910 g/mol. The van der Waals surface area contributed by atoms with E-state index in [1.54, 1.807) is 26.0 Å². The highest BCUT2D eigenvalue weighted by atomic mass is 16.8. The quantitative estimate of drug-likeness (QED) is 0.0386. The molecule has 0 aromatic heterocycles. The molecule has 0 radical (unpaired) electrons. The van der Waals surface area contributed by atoms with Crippen molar-refractivity contribution in [2.75, 3.05) is 34.0 Å². The number of hydrogen-bond acceptors (Lipinski definition) is 22. The zero-order valence-corrected chi connectivity index (χ0v) is 35.2. The number of aliphatic hydroxyl groups excluding tert-OH is 8. The van der Waals surface area contributed by atoms with Gasteiger partial charge in [-0.3, -0.25) is 9.59 Å². The van der Waals surface area contributed by atoms with Crippen molar-refractivity contribution in [3.8, 4) is 5.75 Å². The van der Waals surface area contributed by atoms with Gasteiger partial charge in [-0.05, 0) is 31.5 Å². The molecule has 64 heavy (non-hydrogen) atoms. The summed E-state index contributed by atoms with van der Waals surface area (Å²) in [5.74, 6) is -4.95. The van der Waals surface area contributed by atoms with Crippen LogP contribution >= 0.6 is 0 Å². The molecule has 4 heterocycles. The fourth-order valence-corrected chi connectivity index (χ4v) is 7.42. The molecule has 5 rings (SSSR count). The lowest BCUT2D eigenvalue weighted by Crippen LogP contribution is -2.60. The first-order valence-electron chi connectivity index (χ1n) is 20.2. The van der Waals surface area contributed by atoms with Crippen LogP contribution in [0, 0.1) is 11.8 Å². The minimum Gasteiger partial charge on any atom is -0.468 e. The zero-order valence-electron chi connectivity index (χ0n) is 35.2. The summed E-state index contributed by atoms with van der Waals surface area (Å²) in [4.78, 5) is 51.9. The Morgan fingerprint density at radius 2 is 1.06 bits per heavy atom. The van der Waals surface area contributed by atoms with Crippen molar-refractivity contribution in [1.29, 1.82) is 0 Å². The molecule has 13 unspecified atom stereocenters. The van der Waals surface area contributed by atoms with Gasteiger partial charge in [0.05, 0.1) is 70.6 Å². The predicted octanol–water partition coefficient (Wildman–Crippen LogP) is -1.96. The van der Waals surface area contributed by atoms with Crippen molar-refractivity contribution in [3.63, 3.8) is 0 Å². The summed E-state index contributed by atoms with van der Waals surface area (Å²) in [5, 5.41) is 80.8. The molecule has 0 spiro atoms. The van der Waals surface area contributed by atoms with Gasteiger partial charge in [0.15, 0.2) is 12.6 Å². The number of carbonyl (C=O) groups is 4. The van der Waals surface area contributed by atoms with Gasteiger partial charge in [0.25, 0.3) is 0 Å². The van der Waals surface area contributed by atoms with Crippen LogP contribution in [0.5, 0.6) is 5.75 Å². The highest BCUT2D eigenvalue weighted by Gasteiger charge is 2.48. The maximum atomic E-state index is 13.3. The van der Waals surface area contributed by atoms with Crippen LogP contribution in [0.25, 0.3) is 0 Å². The number of esters is 4. The fraction of sp³-hybridized carbons (Fsp3) is 0.571. The zero-order chi connectivity index (χ0) is 46.8. The van der Waals surface area contributed by atoms with Crippen molar-refractivity contribution in [1.82, 2.24) is 0 Å². The molecule has 0 amide bonds. The Labute approximate surface area is 366 Å². The molecule has 354 valence electrons. The van der Waals surface area contributed by atoms with Gasteiger partial charge in [-0.25, -0.2) is 9.59 Å². The van der Waals surface area contributed by atoms with E-state index in [2.05, 4.69) is 0 Å². The minimum absolute atomic E-state index is 0.0381. The second kappa shape index (κ2) is 22.9. The average Bonchev–Trinajstić information content (AvgIpc) is 3.29. The standard InChI is InChI=1S/C42H54O22/c1-5-21-23(25(37(53)55-3)17-58-39(21)63-41-35(51)33(49)31(47)27(15-43)61-41)13-29(45)57-12-11-19-7-9-20(10-8-19)60-30(46)14-24-22(6-2)40(59-18-26(24)38(54)56-4)64-42-36(52)34(50)32(48)28(16-44)62-42/h5-10,17-18,23-24,27-28,31-36,39-44,47-52H,11-16H2,1-4H3/b21-5-,22-6-/t23?,24?,27?,28?,31?,32?,33?,34?,35?,36?,39-,40?,41?,42?/m0/s1. The highest BCUT2D eigenvalue weighted by Crippen LogP contribution is 2.38. The molecule has 2 saturated heterocycles. The van der Waals surface area contributed by atoms with Gasteiger partial charge < -0.3 is 88.2 Å². The molecule has 0 saturated carbocycles. The van der Waals surface area contributed by atoms with Gasteiger partial charge in [-0.1, -0.05) is 24.3 Å². The Morgan fingerprint density at radius 3 is 1.47 bits per heavy atom. The van der Waals surface area contributed by atoms with Crippen molar-refractivity contribution >= 4 is 23.9 Å². The molecule has 8 N–H and O–H groups in total. The van der Waals surface area contributed by atoms with E-state index in [9.17, 15) is 60.0 Å². The van der Waals surface area contributed by atoms with Gasteiger partial charge in [-0.15, -0.1) is 0 Å². The second-order valence-electron chi connectivity index (χ2n) is 14.9. The van der Waals surface area contributed by atoms with E-state index in [1.807, 2.05) is 0 Å². The number of allylic oxidation sites excluding steroid dienone is 2. The fourth-order valence-electron chi connectivity index (χ4n) is 7.42. The van der Waals surface area contributed by atoms with Crippen LogP contribution < -0.4 is 4.74 Å². The van der Waals surface area contributed by atoms with Gasteiger partial charge in [0, 0.05) is 29.4 Å². The van der Waals surface area contributed by atoms with E-state index in [1.165, 1.54) is 24.3 Å². The largest absolute Gasteiger partial charge is 0.468 e. The first kappa shape index (κ1) is 50.2. The van der Waals surface area contributed by atoms with Crippen LogP contribution in [-0.4, -0.2) is 173 Å². The maximum Gasteiger partial charge on any atom is 0.337 e. The molecule has 0 bridgehead atoms. The summed E-state index contributed by atoms with van der Waals surface area (Å²) >= 11 is 0. The lowest BCUT2D eigenvalue weighted by atomic mass is 9.86. The number of hydrogen-bond donors (Lipinski definition) is 8. The van der Waals surface area contributed by atoms with Crippen LogP contribution in [0.1, 0.15) is 32.3 Å². The van der Waals surface area contributed by atoms with Crippen molar-refractivity contribution in [2.45, 2.75) is 107 Å². The van der Waals surface area contributed by atoms with Gasteiger partial charge in [0.2, 0.25) is 12.6 Å². The van der Waals surface area contributed by atoms with Gasteiger partial charge in [-0.2, -0.15) is 0 Å². The maximum absolute atomic E-state index is 13.3. The van der Waals surface area contributed by atoms with Crippen LogP contribution in [0.15, 0.2) is 71.2 Å². The van der Waals surface area contributed by atoms with Crippen LogP contribution in [0.3, 0.4) is 0 Å². The second-order valence-corrected chi connectivity index (χ2v) is 14.9. The Morgan fingerprint density at radius 1 is 0.625 bits per heavy atom. The van der Waals surface area contributed by atoms with Crippen molar-refractivity contribution < 1.29 is 107 Å². The van der Waals surface area contributed by atoms with E-state index >= 15 is 0 Å². The number of rotatable bonds is 16. The molecule has 22 heteroatoms. The van der Waals surface area contributed by atoms with E-state index in [4.69, 9.17) is 47.4 Å². The summed E-state index contributed by atoms with van der Waals surface area (Å²) in [6, 6.07) is 6.26. The van der Waals surface area contributed by atoms with E-state index in [0.717, 1.165) is 26.7 Å². The third kappa shape index (κ3) is 11.5. The summed E-state index contributed by atoms with van der Waals surface area (Å²) in [6.07, 6.45) is -14.0. The Bertz CT molecular complexity index is 1910. The third-order valence-corrected chi connectivity index (χ3v) is 11.0. The first-order valence-corrected chi connectivity index (χ1v) is 20.2. The van der Waals surface area contributed by atoms with Gasteiger partial charge >= 0.3 is 23.9 Å². The summed E-state index contributed by atoms with van der Waals surface area (Å²) in [7, 11) is 2.28. The molecule has 22 nitrogen and oxygen atoms in total. The van der Waals surface area contributed by atoms with Crippen LogP contribution in [0.4, 0.5) is 0 Å². The molecule has 1 aromatic carbocycles. The Hall–Kier alpha value is -4.82. The Kier molecular flexibility index (Phi) is 17.9. The van der Waals surface area contributed by atoms with E-state index < -0.39 is 129 Å². The summed E-state index contributed by atoms with van der Waals surface area (Å²) < 4.78 is 54.4. The lowest BCUT2D eigenvalue weighted by molar-refractivity contribution is -0.327. The molecule has 14 atom stereocenters. The molecule has 0 aliphatic carbocycles. The SMILES string of the molecule is C/C=C1\C(OC2OC(CO)C(O)C(O)C2O)OC=C(C(=O)OC)C1CC(=O)Oc1ccc(CCOC(=O)CC2C(C(=O)OC)=CO[C@@H](OC3OC(CO)C(O)C(O)C3O)/C2=C\C)cc1. The topological polar surface area (TPSA) is 322 Å². The first-order chi connectivity index (χ1) is 30.6. The number of carbonyl (C=O) groups excluding carboxylic acids is 4. The third-order valence-electron chi connectivity index (χ3n) is 11.0. The summed E-state index contributed by atoms with van der Waals surface area (Å²) in [6.45, 7) is 1.68. The Balaban J connectivity index is 1.17. The normalized spacial score (nSPS) is 34.1. The van der Waals surface area contributed by atoms with E-state index in [-0.39, 0.29) is 47.5 Å². The number of ether oxygens (including phenoxy) is 10. The molecule has 4 aliphatic rings. The number of aliphatic hydroxyl groups is 8. The van der Waals surface area contributed by atoms with E-state index in [0.29, 0.717) is 5.56 Å².